The zero-order valence-electron chi connectivity index (χ0n) is 18.4. The fraction of sp³-hybridized carbons (Fsp3) is 0.250. The van der Waals surface area contributed by atoms with Crippen LogP contribution >= 0.6 is 23.4 Å². The summed E-state index contributed by atoms with van der Waals surface area (Å²) in [6, 6.07) is 13.7. The molecule has 0 radical (unpaired) electrons. The Labute approximate surface area is 196 Å². The Morgan fingerprint density at radius 3 is 2.62 bits per heavy atom. The zero-order valence-corrected chi connectivity index (χ0v) is 20.0. The van der Waals surface area contributed by atoms with E-state index in [4.69, 9.17) is 11.6 Å². The maximum atomic E-state index is 12.4. The quantitative estimate of drug-likeness (QED) is 0.389. The number of rotatable bonds is 6. The average molecular weight is 466 g/mol. The summed E-state index contributed by atoms with van der Waals surface area (Å²) in [7, 11) is 0. The largest absolute Gasteiger partial charge is 0.325 e. The molecule has 0 saturated carbocycles. The second-order valence-electron chi connectivity index (χ2n) is 7.81. The number of benzene rings is 2. The predicted molar refractivity (Wildman–Crippen MR) is 130 cm³/mol. The van der Waals surface area contributed by atoms with Gasteiger partial charge in [0, 0.05) is 28.5 Å². The van der Waals surface area contributed by atoms with Crippen LogP contribution in [0.15, 0.2) is 47.6 Å². The van der Waals surface area contributed by atoms with Crippen molar-refractivity contribution >= 4 is 40.7 Å². The number of hydrogen-bond donors (Lipinski definition) is 1. The standard InChI is InChI=1S/C24H24ClN5OS/c1-14-8-9-20(10-15(14)2)27-22(31)13-32-24-28-23-26-16(3)21(17(4)30(23)29-24)12-18-6-5-7-19(25)11-18/h5-11H,12-13H2,1-4H3,(H,27,31). The molecule has 0 bridgehead atoms. The molecule has 2 aromatic carbocycles. The van der Waals surface area contributed by atoms with E-state index < -0.39 is 0 Å². The monoisotopic (exact) mass is 465 g/mol. The summed E-state index contributed by atoms with van der Waals surface area (Å²) in [5.74, 6) is 0.656. The lowest BCUT2D eigenvalue weighted by Crippen LogP contribution is -2.14. The van der Waals surface area contributed by atoms with Crippen LogP contribution in [0.1, 0.15) is 33.6 Å². The highest BCUT2D eigenvalue weighted by Crippen LogP contribution is 2.22. The Morgan fingerprint density at radius 1 is 1.06 bits per heavy atom. The van der Waals surface area contributed by atoms with E-state index in [0.717, 1.165) is 33.8 Å². The summed E-state index contributed by atoms with van der Waals surface area (Å²) < 4.78 is 1.75. The number of thioether (sulfide) groups is 1. The number of hydrogen-bond acceptors (Lipinski definition) is 5. The highest BCUT2D eigenvalue weighted by Gasteiger charge is 2.15. The number of fused-ring (bicyclic) bond motifs is 1. The average Bonchev–Trinajstić information content (AvgIpc) is 3.15. The van der Waals surface area contributed by atoms with Crippen molar-refractivity contribution in [1.29, 1.82) is 0 Å². The van der Waals surface area contributed by atoms with Crippen LogP contribution in [0.3, 0.4) is 0 Å². The van der Waals surface area contributed by atoms with Gasteiger partial charge in [0.25, 0.3) is 5.78 Å². The molecule has 0 aliphatic heterocycles. The van der Waals surface area contributed by atoms with Gasteiger partial charge in [-0.15, -0.1) is 5.10 Å². The van der Waals surface area contributed by atoms with Crippen molar-refractivity contribution in [2.75, 3.05) is 11.1 Å². The van der Waals surface area contributed by atoms with Crippen LogP contribution in [0.5, 0.6) is 0 Å². The molecule has 0 saturated heterocycles. The van der Waals surface area contributed by atoms with Gasteiger partial charge in [-0.3, -0.25) is 4.79 Å². The summed E-state index contributed by atoms with van der Waals surface area (Å²) >= 11 is 7.43. The molecule has 8 heteroatoms. The number of aromatic nitrogens is 4. The SMILES string of the molecule is Cc1ccc(NC(=O)CSc2nc3nc(C)c(Cc4cccc(Cl)c4)c(C)n3n2)cc1C. The minimum absolute atomic E-state index is 0.0976. The Hall–Kier alpha value is -2.90. The highest BCUT2D eigenvalue weighted by atomic mass is 35.5. The van der Waals surface area contributed by atoms with Gasteiger partial charge in [-0.2, -0.15) is 4.98 Å². The van der Waals surface area contributed by atoms with E-state index in [9.17, 15) is 4.79 Å². The minimum atomic E-state index is -0.0976. The molecule has 0 spiro atoms. The third-order valence-corrected chi connectivity index (χ3v) is 6.50. The van der Waals surface area contributed by atoms with Crippen molar-refractivity contribution in [3.63, 3.8) is 0 Å². The first kappa shape index (κ1) is 22.3. The van der Waals surface area contributed by atoms with E-state index >= 15 is 0 Å². The van der Waals surface area contributed by atoms with Gasteiger partial charge in [0.15, 0.2) is 0 Å². The van der Waals surface area contributed by atoms with Crippen molar-refractivity contribution in [3.05, 3.63) is 81.1 Å². The normalized spacial score (nSPS) is 11.2. The summed E-state index contributed by atoms with van der Waals surface area (Å²) in [5.41, 5.74) is 7.22. The fourth-order valence-electron chi connectivity index (χ4n) is 3.50. The van der Waals surface area contributed by atoms with Crippen LogP contribution in [-0.2, 0) is 11.2 Å². The molecule has 4 rings (SSSR count). The van der Waals surface area contributed by atoms with E-state index in [0.29, 0.717) is 22.4 Å². The van der Waals surface area contributed by atoms with Crippen molar-refractivity contribution in [1.82, 2.24) is 19.6 Å². The van der Waals surface area contributed by atoms with Gasteiger partial charge in [-0.05, 0) is 74.2 Å². The van der Waals surface area contributed by atoms with E-state index in [1.54, 1.807) is 4.52 Å². The Morgan fingerprint density at radius 2 is 1.88 bits per heavy atom. The van der Waals surface area contributed by atoms with Crippen molar-refractivity contribution in [2.24, 2.45) is 0 Å². The minimum Gasteiger partial charge on any atom is -0.325 e. The Balaban J connectivity index is 1.49. The van der Waals surface area contributed by atoms with E-state index in [-0.39, 0.29) is 11.7 Å². The topological polar surface area (TPSA) is 72.2 Å². The number of carbonyl (C=O) groups is 1. The van der Waals surface area contributed by atoms with Crippen LogP contribution in [0.2, 0.25) is 5.02 Å². The third kappa shape index (κ3) is 4.95. The number of nitrogens with zero attached hydrogens (tertiary/aromatic N) is 4. The number of nitrogens with one attached hydrogen (secondary N) is 1. The van der Waals surface area contributed by atoms with Gasteiger partial charge in [-0.1, -0.05) is 41.6 Å². The maximum Gasteiger partial charge on any atom is 0.253 e. The smallest absolute Gasteiger partial charge is 0.253 e. The molecule has 0 fully saturated rings. The molecule has 1 N–H and O–H groups in total. The number of anilines is 1. The van der Waals surface area contributed by atoms with Gasteiger partial charge in [0.1, 0.15) is 0 Å². The number of aryl methyl sites for hydroxylation is 4. The molecule has 32 heavy (non-hydrogen) atoms. The first-order chi connectivity index (χ1) is 15.3. The molecule has 0 unspecified atom stereocenters. The van der Waals surface area contributed by atoms with Crippen LogP contribution in [-0.4, -0.2) is 31.2 Å². The van der Waals surface area contributed by atoms with Crippen LogP contribution in [0.4, 0.5) is 5.69 Å². The second-order valence-corrected chi connectivity index (χ2v) is 9.19. The summed E-state index contributed by atoms with van der Waals surface area (Å²) in [6.07, 6.45) is 0.710. The van der Waals surface area contributed by atoms with Gasteiger partial charge in [0.05, 0.1) is 5.75 Å². The molecule has 0 aliphatic carbocycles. The molecule has 2 heterocycles. The zero-order chi connectivity index (χ0) is 22.8. The van der Waals surface area contributed by atoms with Crippen molar-refractivity contribution in [3.8, 4) is 0 Å². The fourth-order valence-corrected chi connectivity index (χ4v) is 4.34. The predicted octanol–water partition coefficient (Wildman–Crippen LogP) is 5.33. The second kappa shape index (κ2) is 9.30. The molecule has 1 amide bonds. The summed E-state index contributed by atoms with van der Waals surface area (Å²) in [5, 5.41) is 8.74. The van der Waals surface area contributed by atoms with Gasteiger partial charge >= 0.3 is 0 Å². The van der Waals surface area contributed by atoms with E-state index in [1.807, 2.05) is 70.2 Å². The van der Waals surface area contributed by atoms with Gasteiger partial charge in [0.2, 0.25) is 11.1 Å². The number of carbonyl (C=O) groups excluding carboxylic acids is 1. The molecular weight excluding hydrogens is 442 g/mol. The lowest BCUT2D eigenvalue weighted by molar-refractivity contribution is -0.113. The summed E-state index contributed by atoms with van der Waals surface area (Å²) in [4.78, 5) is 21.5. The highest BCUT2D eigenvalue weighted by molar-refractivity contribution is 7.99. The molecule has 0 atom stereocenters. The molecule has 0 aliphatic rings. The Bertz CT molecular complexity index is 1320. The van der Waals surface area contributed by atoms with Crippen LogP contribution < -0.4 is 5.32 Å². The van der Waals surface area contributed by atoms with Gasteiger partial charge < -0.3 is 5.32 Å². The summed E-state index contributed by atoms with van der Waals surface area (Å²) in [6.45, 7) is 8.06. The lowest BCUT2D eigenvalue weighted by Gasteiger charge is -2.10. The maximum absolute atomic E-state index is 12.4. The lowest BCUT2D eigenvalue weighted by atomic mass is 10.0. The molecule has 164 valence electrons. The van der Waals surface area contributed by atoms with E-state index in [1.165, 1.54) is 17.3 Å². The van der Waals surface area contributed by atoms with Crippen molar-refractivity contribution < 1.29 is 4.79 Å². The first-order valence-electron chi connectivity index (χ1n) is 10.3. The van der Waals surface area contributed by atoms with Gasteiger partial charge in [-0.25, -0.2) is 9.50 Å². The number of amides is 1. The molecule has 2 aromatic heterocycles. The number of halogens is 1. The third-order valence-electron chi connectivity index (χ3n) is 5.42. The molecule has 6 nitrogen and oxygen atoms in total. The van der Waals surface area contributed by atoms with Crippen LogP contribution in [0, 0.1) is 27.7 Å². The molecular formula is C24H24ClN5OS. The first-order valence-corrected chi connectivity index (χ1v) is 11.6. The molecule has 4 aromatic rings. The van der Waals surface area contributed by atoms with Crippen molar-refractivity contribution in [2.45, 2.75) is 39.3 Å². The van der Waals surface area contributed by atoms with Crippen LogP contribution in [0.25, 0.3) is 5.78 Å². The van der Waals surface area contributed by atoms with E-state index in [2.05, 4.69) is 20.4 Å². The Kier molecular flexibility index (Phi) is 6.48.